The molecule has 1 saturated heterocycles. The van der Waals surface area contributed by atoms with E-state index in [0.717, 1.165) is 37.4 Å². The minimum atomic E-state index is -0.416. The molecule has 4 aromatic rings. The summed E-state index contributed by atoms with van der Waals surface area (Å²) in [5.74, 6) is 1.03. The van der Waals surface area contributed by atoms with Crippen molar-refractivity contribution in [2.75, 3.05) is 50.6 Å². The lowest BCUT2D eigenvalue weighted by molar-refractivity contribution is 0.313. The van der Waals surface area contributed by atoms with Crippen molar-refractivity contribution in [1.29, 1.82) is 0 Å². The second-order valence-corrected chi connectivity index (χ2v) is 9.88. The van der Waals surface area contributed by atoms with Crippen LogP contribution in [0.3, 0.4) is 0 Å². The SMILES string of the molecule is COc1ccc(Cn2c(=O)c3cnc(Nc4ccc(N5CCN(C)CC5)cc4)nc3n(C(C)C)c2=O)cc1. The summed E-state index contributed by atoms with van der Waals surface area (Å²) in [5, 5.41) is 3.51. The third-order valence-electron chi connectivity index (χ3n) is 6.92. The number of hydrogen-bond donors (Lipinski definition) is 1. The number of methoxy groups -OCH3 is 1. The summed E-state index contributed by atoms with van der Waals surface area (Å²) in [4.78, 5) is 40.5. The van der Waals surface area contributed by atoms with Crippen molar-refractivity contribution in [2.45, 2.75) is 26.4 Å². The summed E-state index contributed by atoms with van der Waals surface area (Å²) in [6, 6.07) is 15.2. The molecule has 0 bridgehead atoms. The fourth-order valence-electron chi connectivity index (χ4n) is 4.69. The number of piperazine rings is 1. The van der Waals surface area contributed by atoms with E-state index < -0.39 is 11.2 Å². The number of nitrogens with zero attached hydrogens (tertiary/aromatic N) is 6. The first-order chi connectivity index (χ1) is 18.3. The van der Waals surface area contributed by atoms with Gasteiger partial charge >= 0.3 is 5.69 Å². The molecule has 1 aliphatic rings. The molecule has 1 aliphatic heterocycles. The minimum Gasteiger partial charge on any atom is -0.497 e. The van der Waals surface area contributed by atoms with Gasteiger partial charge in [0.05, 0.1) is 13.7 Å². The number of anilines is 3. The van der Waals surface area contributed by atoms with Gasteiger partial charge in [-0.05, 0) is 62.9 Å². The fraction of sp³-hybridized carbons (Fsp3) is 0.357. The second kappa shape index (κ2) is 10.7. The van der Waals surface area contributed by atoms with E-state index in [1.807, 2.05) is 38.1 Å². The van der Waals surface area contributed by atoms with Crippen molar-refractivity contribution in [3.8, 4) is 5.75 Å². The Hall–Kier alpha value is -4.18. The van der Waals surface area contributed by atoms with Crippen molar-refractivity contribution >= 4 is 28.4 Å². The molecule has 198 valence electrons. The molecule has 2 aromatic carbocycles. The number of ether oxygens (including phenoxy) is 1. The van der Waals surface area contributed by atoms with Gasteiger partial charge in [-0.25, -0.2) is 9.78 Å². The predicted octanol–water partition coefficient (Wildman–Crippen LogP) is 3.09. The van der Waals surface area contributed by atoms with Crippen molar-refractivity contribution < 1.29 is 4.74 Å². The van der Waals surface area contributed by atoms with Crippen LogP contribution in [0.1, 0.15) is 25.5 Å². The van der Waals surface area contributed by atoms with E-state index in [9.17, 15) is 9.59 Å². The van der Waals surface area contributed by atoms with Crippen LogP contribution in [0, 0.1) is 0 Å². The van der Waals surface area contributed by atoms with Gasteiger partial charge in [-0.2, -0.15) is 4.98 Å². The van der Waals surface area contributed by atoms with Crippen LogP contribution in [0.15, 0.2) is 64.3 Å². The molecule has 0 spiro atoms. The number of fused-ring (bicyclic) bond motifs is 1. The second-order valence-electron chi connectivity index (χ2n) is 9.88. The van der Waals surface area contributed by atoms with E-state index in [0.29, 0.717) is 22.7 Å². The van der Waals surface area contributed by atoms with E-state index in [-0.39, 0.29) is 12.6 Å². The number of aromatic nitrogens is 4. The Balaban J connectivity index is 1.44. The lowest BCUT2D eigenvalue weighted by atomic mass is 10.2. The monoisotopic (exact) mass is 515 g/mol. The van der Waals surface area contributed by atoms with Gasteiger partial charge in [0.2, 0.25) is 5.95 Å². The third kappa shape index (κ3) is 5.12. The first kappa shape index (κ1) is 25.5. The molecule has 1 N–H and O–H groups in total. The van der Waals surface area contributed by atoms with Crippen LogP contribution in [0.25, 0.3) is 11.0 Å². The van der Waals surface area contributed by atoms with Gasteiger partial charge in [-0.1, -0.05) is 12.1 Å². The standard InChI is InChI=1S/C28H33N7O3/c1-19(2)35-25-24(26(36)34(28(35)37)18-20-5-11-23(38-4)12-6-20)17-29-27(31-25)30-21-7-9-22(10-8-21)33-15-13-32(3)14-16-33/h5-12,17,19H,13-16,18H2,1-4H3,(H,29,30,31). The molecule has 2 aromatic heterocycles. The summed E-state index contributed by atoms with van der Waals surface area (Å²) in [5.41, 5.74) is 2.31. The van der Waals surface area contributed by atoms with Gasteiger partial charge in [0.25, 0.3) is 5.56 Å². The van der Waals surface area contributed by atoms with Crippen LogP contribution < -0.4 is 26.2 Å². The van der Waals surface area contributed by atoms with Crippen LogP contribution in [0.5, 0.6) is 5.75 Å². The van der Waals surface area contributed by atoms with Gasteiger partial charge in [-0.15, -0.1) is 0 Å². The number of hydrogen-bond acceptors (Lipinski definition) is 8. The Labute approximate surface area is 221 Å². The Morgan fingerprint density at radius 2 is 1.66 bits per heavy atom. The van der Waals surface area contributed by atoms with E-state index in [1.54, 1.807) is 23.8 Å². The van der Waals surface area contributed by atoms with E-state index in [4.69, 9.17) is 4.74 Å². The Morgan fingerprint density at radius 3 is 2.29 bits per heavy atom. The zero-order valence-electron chi connectivity index (χ0n) is 22.2. The van der Waals surface area contributed by atoms with Crippen molar-refractivity contribution in [3.63, 3.8) is 0 Å². The van der Waals surface area contributed by atoms with Crippen LogP contribution in [0.2, 0.25) is 0 Å². The normalized spacial score (nSPS) is 14.3. The number of nitrogens with one attached hydrogen (secondary N) is 1. The van der Waals surface area contributed by atoms with Gasteiger partial charge in [-0.3, -0.25) is 13.9 Å². The van der Waals surface area contributed by atoms with Crippen LogP contribution in [-0.2, 0) is 6.54 Å². The maximum atomic E-state index is 13.5. The van der Waals surface area contributed by atoms with E-state index >= 15 is 0 Å². The smallest absolute Gasteiger partial charge is 0.333 e. The van der Waals surface area contributed by atoms with Gasteiger partial charge in [0.1, 0.15) is 11.1 Å². The Kier molecular flexibility index (Phi) is 7.15. The molecule has 3 heterocycles. The van der Waals surface area contributed by atoms with E-state index in [1.165, 1.54) is 16.5 Å². The highest BCUT2D eigenvalue weighted by Crippen LogP contribution is 2.22. The van der Waals surface area contributed by atoms with E-state index in [2.05, 4.69) is 44.3 Å². The fourth-order valence-corrected chi connectivity index (χ4v) is 4.69. The molecule has 1 fully saturated rings. The molecule has 0 unspecified atom stereocenters. The quantitative estimate of drug-likeness (QED) is 0.401. The summed E-state index contributed by atoms with van der Waals surface area (Å²) < 4.78 is 7.98. The zero-order valence-corrected chi connectivity index (χ0v) is 22.2. The average molecular weight is 516 g/mol. The van der Waals surface area contributed by atoms with Crippen LogP contribution in [-0.4, -0.2) is 64.3 Å². The molecule has 10 heteroatoms. The minimum absolute atomic E-state index is 0.143. The molecule has 10 nitrogen and oxygen atoms in total. The zero-order chi connectivity index (χ0) is 26.8. The first-order valence-corrected chi connectivity index (χ1v) is 12.8. The van der Waals surface area contributed by atoms with Gasteiger partial charge in [0, 0.05) is 49.8 Å². The van der Waals surface area contributed by atoms with Crippen LogP contribution >= 0.6 is 0 Å². The topological polar surface area (TPSA) is 97.5 Å². The highest BCUT2D eigenvalue weighted by atomic mass is 16.5. The Bertz CT molecular complexity index is 1530. The van der Waals surface area contributed by atoms with Crippen molar-refractivity contribution in [1.82, 2.24) is 24.0 Å². The molecule has 0 amide bonds. The molecule has 38 heavy (non-hydrogen) atoms. The lowest BCUT2D eigenvalue weighted by Gasteiger charge is -2.34. The highest BCUT2D eigenvalue weighted by molar-refractivity contribution is 5.75. The average Bonchev–Trinajstić information content (AvgIpc) is 2.92. The molecule has 0 atom stereocenters. The summed E-state index contributed by atoms with van der Waals surface area (Å²) in [6.45, 7) is 8.03. The molecular weight excluding hydrogens is 482 g/mol. The van der Waals surface area contributed by atoms with Crippen LogP contribution in [0.4, 0.5) is 17.3 Å². The van der Waals surface area contributed by atoms with Gasteiger partial charge < -0.3 is 19.9 Å². The maximum absolute atomic E-state index is 13.5. The predicted molar refractivity (Wildman–Crippen MR) is 150 cm³/mol. The summed E-state index contributed by atoms with van der Waals surface area (Å²) in [6.07, 6.45) is 1.49. The number of rotatable bonds is 7. The molecule has 0 aliphatic carbocycles. The largest absolute Gasteiger partial charge is 0.497 e. The van der Waals surface area contributed by atoms with Crippen molar-refractivity contribution in [2.24, 2.45) is 0 Å². The maximum Gasteiger partial charge on any atom is 0.333 e. The summed E-state index contributed by atoms with van der Waals surface area (Å²) >= 11 is 0. The number of likely N-dealkylation sites (N-methyl/N-ethyl adjacent to an activating group) is 1. The van der Waals surface area contributed by atoms with Crippen molar-refractivity contribution in [3.05, 3.63) is 81.1 Å². The molecular formula is C28H33N7O3. The third-order valence-corrected chi connectivity index (χ3v) is 6.92. The summed E-state index contributed by atoms with van der Waals surface area (Å²) in [7, 11) is 3.74. The number of benzene rings is 2. The van der Waals surface area contributed by atoms with Gasteiger partial charge in [0.15, 0.2) is 5.65 Å². The lowest BCUT2D eigenvalue weighted by Crippen LogP contribution is -2.44. The molecule has 0 radical (unpaired) electrons. The Morgan fingerprint density at radius 1 is 0.974 bits per heavy atom. The highest BCUT2D eigenvalue weighted by Gasteiger charge is 2.18. The molecule has 5 rings (SSSR count). The first-order valence-electron chi connectivity index (χ1n) is 12.8. The molecule has 0 saturated carbocycles.